The minimum absolute atomic E-state index is 0.0558. The van der Waals surface area contributed by atoms with Gasteiger partial charge in [-0.2, -0.15) is 9.61 Å². The summed E-state index contributed by atoms with van der Waals surface area (Å²) in [7, 11) is 0. The van der Waals surface area contributed by atoms with Crippen molar-refractivity contribution in [2.75, 3.05) is 0 Å². The molecule has 0 saturated carbocycles. The number of benzene rings is 2. The molecule has 25 heavy (non-hydrogen) atoms. The molecule has 0 saturated heterocycles. The molecule has 0 aliphatic rings. The second kappa shape index (κ2) is 6.07. The fourth-order valence-corrected chi connectivity index (χ4v) is 2.75. The van der Waals surface area contributed by atoms with Crippen LogP contribution in [0, 0.1) is 0 Å². The number of Topliss-reactive ketones (excluding diaryl/α,β-unsaturated/α-hetero) is 1. The molecule has 0 aliphatic carbocycles. The highest BCUT2D eigenvalue weighted by Crippen LogP contribution is 2.15. The number of nitrogens with zero attached hydrogens (tertiary/aromatic N) is 4. The molecule has 4 rings (SSSR count). The van der Waals surface area contributed by atoms with Crippen LogP contribution in [0.25, 0.3) is 16.4 Å². The first-order valence-corrected chi connectivity index (χ1v) is 7.92. The van der Waals surface area contributed by atoms with Crippen molar-refractivity contribution in [3.05, 3.63) is 81.4 Å². The fourth-order valence-electron chi connectivity index (χ4n) is 2.62. The van der Waals surface area contributed by atoms with Crippen LogP contribution in [0.5, 0.6) is 0 Å². The van der Waals surface area contributed by atoms with Gasteiger partial charge in [-0.1, -0.05) is 35.9 Å². The van der Waals surface area contributed by atoms with E-state index in [0.29, 0.717) is 16.2 Å². The molecule has 0 atom stereocenters. The fraction of sp³-hybridized carbons (Fsp3) is 0.0556. The first-order valence-electron chi connectivity index (χ1n) is 7.54. The Labute approximate surface area is 146 Å². The number of ketones is 1. The van der Waals surface area contributed by atoms with Gasteiger partial charge in [0.25, 0.3) is 5.56 Å². The van der Waals surface area contributed by atoms with Gasteiger partial charge < -0.3 is 0 Å². The molecular weight excluding hydrogens is 340 g/mol. The summed E-state index contributed by atoms with van der Waals surface area (Å²) in [5, 5.41) is 14.4. The predicted molar refractivity (Wildman–Crippen MR) is 94.0 cm³/mol. The average Bonchev–Trinajstić information content (AvgIpc) is 2.64. The molecule has 7 heteroatoms. The Kier molecular flexibility index (Phi) is 3.74. The van der Waals surface area contributed by atoms with Crippen molar-refractivity contribution in [3.8, 4) is 0 Å². The Morgan fingerprint density at radius 2 is 1.80 bits per heavy atom. The van der Waals surface area contributed by atoms with Crippen LogP contribution in [0.3, 0.4) is 0 Å². The van der Waals surface area contributed by atoms with E-state index in [4.69, 9.17) is 11.6 Å². The van der Waals surface area contributed by atoms with Gasteiger partial charge in [-0.05, 0) is 24.3 Å². The van der Waals surface area contributed by atoms with Gasteiger partial charge in [0.1, 0.15) is 5.69 Å². The van der Waals surface area contributed by atoms with Gasteiger partial charge in [-0.15, -0.1) is 10.2 Å². The molecule has 0 spiro atoms. The second-order valence-corrected chi connectivity index (χ2v) is 5.96. The second-order valence-electron chi connectivity index (χ2n) is 5.53. The molecule has 0 amide bonds. The Bertz CT molecular complexity index is 1170. The number of halogens is 1. The first kappa shape index (κ1) is 15.4. The standard InChI is InChI=1S/C18H11ClN4O2/c19-13-7-5-11(6-8-13)16(24)9-15-18(25)23-17(22-21-15)14-4-2-1-3-12(14)10-20-23/h1-8,10H,9H2. The number of carbonyl (C=O) groups excluding carboxylic acids is 1. The van der Waals surface area contributed by atoms with Crippen molar-refractivity contribution in [2.24, 2.45) is 0 Å². The Morgan fingerprint density at radius 3 is 2.60 bits per heavy atom. The normalized spacial score (nSPS) is 11.1. The van der Waals surface area contributed by atoms with E-state index < -0.39 is 5.56 Å². The summed E-state index contributed by atoms with van der Waals surface area (Å²) in [4.78, 5) is 25.0. The maximum absolute atomic E-state index is 12.6. The van der Waals surface area contributed by atoms with Gasteiger partial charge >= 0.3 is 0 Å². The van der Waals surface area contributed by atoms with Crippen molar-refractivity contribution in [3.63, 3.8) is 0 Å². The largest absolute Gasteiger partial charge is 0.296 e. The van der Waals surface area contributed by atoms with Crippen molar-refractivity contribution < 1.29 is 4.79 Å². The van der Waals surface area contributed by atoms with Crippen LogP contribution >= 0.6 is 11.6 Å². The third-order valence-corrected chi connectivity index (χ3v) is 4.17. The van der Waals surface area contributed by atoms with Crippen LogP contribution in [-0.4, -0.2) is 25.6 Å². The van der Waals surface area contributed by atoms with E-state index >= 15 is 0 Å². The highest BCUT2D eigenvalue weighted by Gasteiger charge is 2.15. The monoisotopic (exact) mass is 350 g/mol. The van der Waals surface area contributed by atoms with Crippen LogP contribution in [0.4, 0.5) is 0 Å². The molecule has 2 aromatic heterocycles. The maximum atomic E-state index is 12.6. The highest BCUT2D eigenvalue weighted by atomic mass is 35.5. The average molecular weight is 351 g/mol. The van der Waals surface area contributed by atoms with Gasteiger partial charge in [-0.25, -0.2) is 0 Å². The van der Waals surface area contributed by atoms with Gasteiger partial charge in [0.2, 0.25) is 0 Å². The summed E-state index contributed by atoms with van der Waals surface area (Å²) in [6.45, 7) is 0. The van der Waals surface area contributed by atoms with Crippen LogP contribution in [0.15, 0.2) is 59.5 Å². The van der Waals surface area contributed by atoms with E-state index in [0.717, 1.165) is 10.8 Å². The van der Waals surface area contributed by atoms with Gasteiger partial charge in [0.05, 0.1) is 12.6 Å². The SMILES string of the molecule is O=C(Cc1nnc2c3ccccc3cnn2c1=O)c1ccc(Cl)cc1. The summed E-state index contributed by atoms with van der Waals surface area (Å²) in [6, 6.07) is 13.9. The minimum Gasteiger partial charge on any atom is -0.294 e. The zero-order chi connectivity index (χ0) is 17.4. The van der Waals surface area contributed by atoms with E-state index in [1.807, 2.05) is 24.3 Å². The topological polar surface area (TPSA) is 77.2 Å². The summed E-state index contributed by atoms with van der Waals surface area (Å²) in [5.41, 5.74) is 0.436. The molecule has 0 unspecified atom stereocenters. The van der Waals surface area contributed by atoms with Crippen LogP contribution < -0.4 is 5.56 Å². The zero-order valence-corrected chi connectivity index (χ0v) is 13.6. The molecule has 0 N–H and O–H groups in total. The van der Waals surface area contributed by atoms with Gasteiger partial charge in [-0.3, -0.25) is 9.59 Å². The van der Waals surface area contributed by atoms with Gasteiger partial charge in [0, 0.05) is 21.4 Å². The van der Waals surface area contributed by atoms with E-state index in [9.17, 15) is 9.59 Å². The number of hydrogen-bond donors (Lipinski definition) is 0. The summed E-state index contributed by atoms with van der Waals surface area (Å²) in [6.07, 6.45) is 1.45. The lowest BCUT2D eigenvalue weighted by Gasteiger charge is -2.05. The quantitative estimate of drug-likeness (QED) is 0.419. The highest BCUT2D eigenvalue weighted by molar-refractivity contribution is 6.30. The minimum atomic E-state index is -0.446. The molecule has 6 nitrogen and oxygen atoms in total. The summed E-state index contributed by atoms with van der Waals surface area (Å²) >= 11 is 5.82. The zero-order valence-electron chi connectivity index (χ0n) is 12.9. The van der Waals surface area contributed by atoms with E-state index in [1.165, 1.54) is 4.52 Å². The number of fused-ring (bicyclic) bond motifs is 3. The Morgan fingerprint density at radius 1 is 1.04 bits per heavy atom. The lowest BCUT2D eigenvalue weighted by molar-refractivity contribution is 0.0991. The number of aromatic nitrogens is 4. The molecule has 0 fully saturated rings. The molecule has 122 valence electrons. The molecule has 2 aromatic carbocycles. The summed E-state index contributed by atoms with van der Waals surface area (Å²) < 4.78 is 1.18. The van der Waals surface area contributed by atoms with E-state index in [2.05, 4.69) is 15.3 Å². The molecule has 0 radical (unpaired) electrons. The molecule has 4 aromatic rings. The molecule has 2 heterocycles. The van der Waals surface area contributed by atoms with Gasteiger partial charge in [0.15, 0.2) is 11.4 Å². The van der Waals surface area contributed by atoms with Crippen LogP contribution in [0.1, 0.15) is 16.1 Å². The number of carbonyl (C=O) groups is 1. The third-order valence-electron chi connectivity index (χ3n) is 3.91. The van der Waals surface area contributed by atoms with Crippen LogP contribution in [-0.2, 0) is 6.42 Å². The van der Waals surface area contributed by atoms with Crippen molar-refractivity contribution in [1.82, 2.24) is 19.8 Å². The van der Waals surface area contributed by atoms with E-state index in [-0.39, 0.29) is 17.9 Å². The smallest absolute Gasteiger partial charge is 0.294 e. The number of rotatable bonds is 3. The first-order chi connectivity index (χ1) is 12.1. The molecule has 0 aliphatic heterocycles. The predicted octanol–water partition coefficient (Wildman–Crippen LogP) is 2.72. The van der Waals surface area contributed by atoms with E-state index in [1.54, 1.807) is 30.5 Å². The lowest BCUT2D eigenvalue weighted by atomic mass is 10.1. The number of hydrogen-bond acceptors (Lipinski definition) is 5. The molecular formula is C18H11ClN4O2. The summed E-state index contributed by atoms with van der Waals surface area (Å²) in [5.74, 6) is -0.233. The Hall–Kier alpha value is -3.12. The van der Waals surface area contributed by atoms with Crippen molar-refractivity contribution in [1.29, 1.82) is 0 Å². The maximum Gasteiger partial charge on any atom is 0.296 e. The lowest BCUT2D eigenvalue weighted by Crippen LogP contribution is -2.25. The van der Waals surface area contributed by atoms with Crippen LogP contribution in [0.2, 0.25) is 5.02 Å². The van der Waals surface area contributed by atoms with Crippen molar-refractivity contribution in [2.45, 2.75) is 6.42 Å². The van der Waals surface area contributed by atoms with Crippen molar-refractivity contribution >= 4 is 33.8 Å². The third kappa shape index (κ3) is 2.77. The molecule has 0 bridgehead atoms. The Balaban J connectivity index is 1.77.